The van der Waals surface area contributed by atoms with Gasteiger partial charge in [-0.15, -0.1) is 0 Å². The van der Waals surface area contributed by atoms with Gasteiger partial charge in [0, 0.05) is 0 Å². The van der Waals surface area contributed by atoms with E-state index in [-0.39, 0.29) is 6.54 Å². The van der Waals surface area contributed by atoms with Crippen molar-refractivity contribution in [1.82, 2.24) is 4.57 Å². The summed E-state index contributed by atoms with van der Waals surface area (Å²) in [6.07, 6.45) is 6.08. The molecule has 0 radical (unpaired) electrons. The van der Waals surface area contributed by atoms with E-state index in [2.05, 4.69) is 34.0 Å². The van der Waals surface area contributed by atoms with E-state index in [0.717, 1.165) is 25.2 Å². The minimum absolute atomic E-state index is 0.231. The molecule has 0 amide bonds. The SMILES string of the molecule is C[n+]1ccn(CCCc2ccccc2)c1CN=O. The fourth-order valence-electron chi connectivity index (χ4n) is 2.12. The highest BCUT2D eigenvalue weighted by Crippen LogP contribution is 2.05. The van der Waals surface area contributed by atoms with Gasteiger partial charge < -0.3 is 0 Å². The monoisotopic (exact) mass is 244 g/mol. The molecule has 0 bridgehead atoms. The van der Waals surface area contributed by atoms with Crippen LogP contribution in [0.15, 0.2) is 47.9 Å². The van der Waals surface area contributed by atoms with Gasteiger partial charge in [0.1, 0.15) is 12.4 Å². The van der Waals surface area contributed by atoms with E-state index in [4.69, 9.17) is 0 Å². The lowest BCUT2D eigenvalue weighted by molar-refractivity contribution is -0.678. The van der Waals surface area contributed by atoms with Crippen molar-refractivity contribution < 1.29 is 4.57 Å². The van der Waals surface area contributed by atoms with Crippen molar-refractivity contribution in [3.05, 3.63) is 59.0 Å². The van der Waals surface area contributed by atoms with Gasteiger partial charge in [-0.3, -0.25) is 0 Å². The zero-order chi connectivity index (χ0) is 12.8. The lowest BCUT2D eigenvalue weighted by Gasteiger charge is -2.01. The van der Waals surface area contributed by atoms with Crippen LogP contribution in [0.5, 0.6) is 0 Å². The Hall–Kier alpha value is -1.97. The summed E-state index contributed by atoms with van der Waals surface area (Å²) in [7, 11) is 1.94. The van der Waals surface area contributed by atoms with E-state index in [0.29, 0.717) is 0 Å². The summed E-state index contributed by atoms with van der Waals surface area (Å²) in [4.78, 5) is 10.4. The van der Waals surface area contributed by atoms with E-state index in [1.807, 2.05) is 30.1 Å². The maximum atomic E-state index is 10.4. The minimum atomic E-state index is 0.231. The number of hydrogen-bond acceptors (Lipinski definition) is 2. The molecule has 1 aromatic carbocycles. The van der Waals surface area contributed by atoms with Crippen molar-refractivity contribution in [1.29, 1.82) is 0 Å². The van der Waals surface area contributed by atoms with Crippen molar-refractivity contribution in [2.24, 2.45) is 12.2 Å². The van der Waals surface area contributed by atoms with Crippen LogP contribution < -0.4 is 4.57 Å². The molecule has 0 aliphatic heterocycles. The molecule has 0 spiro atoms. The number of nitrogens with zero attached hydrogens (tertiary/aromatic N) is 3. The number of rotatable bonds is 6. The Balaban J connectivity index is 1.92. The molecule has 0 saturated carbocycles. The second kappa shape index (κ2) is 6.10. The normalized spacial score (nSPS) is 10.5. The molecule has 0 unspecified atom stereocenters. The van der Waals surface area contributed by atoms with Crippen LogP contribution in [-0.2, 0) is 26.6 Å². The summed E-state index contributed by atoms with van der Waals surface area (Å²) in [6, 6.07) is 10.4. The van der Waals surface area contributed by atoms with Gasteiger partial charge in [-0.2, -0.15) is 4.91 Å². The number of hydrogen-bond donors (Lipinski definition) is 0. The Morgan fingerprint density at radius 3 is 2.78 bits per heavy atom. The standard InChI is InChI=1S/C14H18N3O/c1-16-10-11-17(14(16)12-15-18)9-5-8-13-6-3-2-4-7-13/h2-4,6-7,10-11H,5,8-9,12H2,1H3/q+1. The third-order valence-corrected chi connectivity index (χ3v) is 3.12. The molecule has 1 heterocycles. The highest BCUT2D eigenvalue weighted by Gasteiger charge is 2.13. The summed E-state index contributed by atoms with van der Waals surface area (Å²) in [5, 5.41) is 2.97. The minimum Gasteiger partial charge on any atom is -0.235 e. The van der Waals surface area contributed by atoms with Gasteiger partial charge in [-0.1, -0.05) is 35.5 Å². The second-order valence-electron chi connectivity index (χ2n) is 4.40. The Labute approximate surface area is 107 Å². The first-order valence-electron chi connectivity index (χ1n) is 6.18. The second-order valence-corrected chi connectivity index (χ2v) is 4.40. The smallest absolute Gasteiger partial charge is 0.235 e. The van der Waals surface area contributed by atoms with Crippen LogP contribution in [-0.4, -0.2) is 4.57 Å². The molecule has 0 aliphatic carbocycles. The first-order valence-corrected chi connectivity index (χ1v) is 6.18. The predicted molar refractivity (Wildman–Crippen MR) is 69.9 cm³/mol. The first kappa shape index (κ1) is 12.5. The average Bonchev–Trinajstić information content (AvgIpc) is 2.73. The van der Waals surface area contributed by atoms with E-state index >= 15 is 0 Å². The van der Waals surface area contributed by atoms with Gasteiger partial charge in [-0.25, -0.2) is 9.13 Å². The quantitative estimate of drug-likeness (QED) is 0.567. The molecule has 0 saturated heterocycles. The lowest BCUT2D eigenvalue weighted by Crippen LogP contribution is -2.31. The number of aromatic nitrogens is 2. The number of imidazole rings is 1. The highest BCUT2D eigenvalue weighted by molar-refractivity contribution is 5.14. The first-order chi connectivity index (χ1) is 8.81. The summed E-state index contributed by atoms with van der Waals surface area (Å²) >= 11 is 0. The van der Waals surface area contributed by atoms with Gasteiger partial charge in [0.05, 0.1) is 13.6 Å². The molecule has 2 aromatic rings. The van der Waals surface area contributed by atoms with E-state index in [1.165, 1.54) is 5.56 Å². The summed E-state index contributed by atoms with van der Waals surface area (Å²) < 4.78 is 4.05. The largest absolute Gasteiger partial charge is 0.281 e. The summed E-state index contributed by atoms with van der Waals surface area (Å²) in [5.74, 6) is 0.957. The van der Waals surface area contributed by atoms with Crippen LogP contribution in [0.3, 0.4) is 0 Å². The van der Waals surface area contributed by atoms with Gasteiger partial charge in [0.15, 0.2) is 6.54 Å². The van der Waals surface area contributed by atoms with Gasteiger partial charge in [-0.05, 0) is 18.4 Å². The summed E-state index contributed by atoms with van der Waals surface area (Å²) in [6.45, 7) is 1.15. The van der Waals surface area contributed by atoms with Crippen LogP contribution >= 0.6 is 0 Å². The number of nitroso groups, excluding NO2 is 1. The molecular weight excluding hydrogens is 226 g/mol. The van der Waals surface area contributed by atoms with Crippen LogP contribution in [0.25, 0.3) is 0 Å². The van der Waals surface area contributed by atoms with Crippen LogP contribution in [0.2, 0.25) is 0 Å². The molecule has 0 N–H and O–H groups in total. The van der Waals surface area contributed by atoms with Crippen molar-refractivity contribution in [3.63, 3.8) is 0 Å². The third-order valence-electron chi connectivity index (χ3n) is 3.12. The van der Waals surface area contributed by atoms with Crippen LogP contribution in [0, 0.1) is 4.91 Å². The zero-order valence-corrected chi connectivity index (χ0v) is 10.6. The van der Waals surface area contributed by atoms with Gasteiger partial charge >= 0.3 is 0 Å². The van der Waals surface area contributed by atoms with E-state index in [1.54, 1.807) is 0 Å². The van der Waals surface area contributed by atoms with Gasteiger partial charge in [0.25, 0.3) is 5.82 Å². The predicted octanol–water partition coefficient (Wildman–Crippen LogP) is 2.21. The third kappa shape index (κ3) is 3.03. The van der Waals surface area contributed by atoms with Crippen molar-refractivity contribution in [3.8, 4) is 0 Å². The van der Waals surface area contributed by atoms with Crippen molar-refractivity contribution in [2.75, 3.05) is 0 Å². The number of aryl methyl sites for hydroxylation is 3. The molecule has 1 aromatic heterocycles. The van der Waals surface area contributed by atoms with Crippen LogP contribution in [0.1, 0.15) is 17.8 Å². The zero-order valence-electron chi connectivity index (χ0n) is 10.6. The molecule has 0 fully saturated rings. The molecule has 94 valence electrons. The van der Waals surface area contributed by atoms with Crippen molar-refractivity contribution >= 4 is 0 Å². The van der Waals surface area contributed by atoms with Crippen LogP contribution in [0.4, 0.5) is 0 Å². The average molecular weight is 244 g/mol. The fraction of sp³-hybridized carbons (Fsp3) is 0.357. The Kier molecular flexibility index (Phi) is 4.23. The molecule has 4 nitrogen and oxygen atoms in total. The Morgan fingerprint density at radius 1 is 1.28 bits per heavy atom. The highest BCUT2D eigenvalue weighted by atomic mass is 16.3. The maximum absolute atomic E-state index is 10.4. The topological polar surface area (TPSA) is 38.2 Å². The van der Waals surface area contributed by atoms with E-state index < -0.39 is 0 Å². The molecule has 0 aliphatic rings. The molecule has 0 atom stereocenters. The number of benzene rings is 1. The lowest BCUT2D eigenvalue weighted by atomic mass is 10.1. The van der Waals surface area contributed by atoms with E-state index in [9.17, 15) is 4.91 Å². The Morgan fingerprint density at radius 2 is 2.06 bits per heavy atom. The summed E-state index contributed by atoms with van der Waals surface area (Å²) in [5.41, 5.74) is 1.35. The fourth-order valence-corrected chi connectivity index (χ4v) is 2.12. The molecule has 2 rings (SSSR count). The molecule has 18 heavy (non-hydrogen) atoms. The maximum Gasteiger partial charge on any atom is 0.281 e. The molecular formula is C14H18N3O+. The van der Waals surface area contributed by atoms with Crippen molar-refractivity contribution in [2.45, 2.75) is 25.9 Å². The molecule has 4 heteroatoms. The van der Waals surface area contributed by atoms with Gasteiger partial charge in [0.2, 0.25) is 0 Å². The Bertz CT molecular complexity index is 505.